The van der Waals surface area contributed by atoms with Crippen LogP contribution in [0.5, 0.6) is 11.5 Å². The first-order chi connectivity index (χ1) is 11.0. The van der Waals surface area contributed by atoms with E-state index in [2.05, 4.69) is 10.6 Å². The minimum atomic E-state index is -0.252. The molecular weight excluding hydrogens is 292 g/mol. The molecule has 0 bridgehead atoms. The molecule has 0 aliphatic carbocycles. The van der Waals surface area contributed by atoms with Gasteiger partial charge in [0.15, 0.2) is 11.5 Å². The molecule has 0 spiro atoms. The van der Waals surface area contributed by atoms with E-state index in [1.54, 1.807) is 14.2 Å². The van der Waals surface area contributed by atoms with E-state index < -0.39 is 0 Å². The Morgan fingerprint density at radius 3 is 2.43 bits per heavy atom. The van der Waals surface area contributed by atoms with Crippen molar-refractivity contribution in [1.29, 1.82) is 0 Å². The molecule has 5 nitrogen and oxygen atoms in total. The summed E-state index contributed by atoms with van der Waals surface area (Å²) in [5, 5.41) is 5.74. The van der Waals surface area contributed by atoms with Crippen molar-refractivity contribution in [3.05, 3.63) is 53.6 Å². The molecule has 0 aliphatic heterocycles. The quantitative estimate of drug-likeness (QED) is 0.880. The van der Waals surface area contributed by atoms with Gasteiger partial charge in [-0.3, -0.25) is 0 Å². The minimum Gasteiger partial charge on any atom is -0.493 e. The maximum absolute atomic E-state index is 12.1. The Morgan fingerprint density at radius 1 is 1.04 bits per heavy atom. The summed E-state index contributed by atoms with van der Waals surface area (Å²) in [6, 6.07) is 12.8. The molecular formula is C18H22N2O3. The van der Waals surface area contributed by atoms with Crippen LogP contribution in [0.4, 0.5) is 10.5 Å². The second-order valence-electron chi connectivity index (χ2n) is 5.30. The van der Waals surface area contributed by atoms with E-state index in [9.17, 15) is 4.79 Å². The molecule has 0 saturated heterocycles. The third kappa shape index (κ3) is 4.39. The topological polar surface area (TPSA) is 59.6 Å². The molecule has 122 valence electrons. The van der Waals surface area contributed by atoms with Gasteiger partial charge in [-0.05, 0) is 49.2 Å². The summed E-state index contributed by atoms with van der Waals surface area (Å²) in [6.45, 7) is 3.90. The summed E-state index contributed by atoms with van der Waals surface area (Å²) in [6.07, 6.45) is 0. The van der Waals surface area contributed by atoms with Gasteiger partial charge >= 0.3 is 6.03 Å². The Balaban J connectivity index is 2.03. The van der Waals surface area contributed by atoms with Crippen LogP contribution in [0.15, 0.2) is 42.5 Å². The number of carbonyl (C=O) groups is 1. The molecule has 1 unspecified atom stereocenters. The molecule has 0 radical (unpaired) electrons. The average Bonchev–Trinajstić information content (AvgIpc) is 2.53. The molecule has 2 aromatic rings. The van der Waals surface area contributed by atoms with Crippen LogP contribution in [-0.2, 0) is 0 Å². The summed E-state index contributed by atoms with van der Waals surface area (Å²) in [7, 11) is 3.18. The van der Waals surface area contributed by atoms with Gasteiger partial charge < -0.3 is 20.1 Å². The number of anilines is 1. The van der Waals surface area contributed by atoms with Crippen LogP contribution in [0, 0.1) is 6.92 Å². The van der Waals surface area contributed by atoms with Gasteiger partial charge in [-0.25, -0.2) is 4.79 Å². The highest BCUT2D eigenvalue weighted by atomic mass is 16.5. The van der Waals surface area contributed by atoms with Gasteiger partial charge in [-0.15, -0.1) is 0 Å². The lowest BCUT2D eigenvalue weighted by Gasteiger charge is -2.17. The van der Waals surface area contributed by atoms with Crippen LogP contribution in [0.2, 0.25) is 0 Å². The van der Waals surface area contributed by atoms with E-state index >= 15 is 0 Å². The fraction of sp³-hybridized carbons (Fsp3) is 0.278. The fourth-order valence-corrected chi connectivity index (χ4v) is 2.29. The molecule has 5 heteroatoms. The number of amides is 2. The van der Waals surface area contributed by atoms with Crippen molar-refractivity contribution in [2.45, 2.75) is 19.9 Å². The number of urea groups is 1. The van der Waals surface area contributed by atoms with E-state index in [1.807, 2.05) is 56.3 Å². The molecule has 0 saturated carbocycles. The number of hydrogen-bond donors (Lipinski definition) is 2. The maximum Gasteiger partial charge on any atom is 0.319 e. The zero-order chi connectivity index (χ0) is 16.8. The number of carbonyl (C=O) groups excluding carboxylic acids is 1. The van der Waals surface area contributed by atoms with E-state index in [-0.39, 0.29) is 12.1 Å². The molecule has 2 N–H and O–H groups in total. The van der Waals surface area contributed by atoms with Crippen molar-refractivity contribution in [3.8, 4) is 11.5 Å². The van der Waals surface area contributed by atoms with Gasteiger partial charge in [0.05, 0.1) is 20.3 Å². The van der Waals surface area contributed by atoms with Gasteiger partial charge in [-0.1, -0.05) is 18.2 Å². The number of aryl methyl sites for hydroxylation is 1. The molecule has 0 fully saturated rings. The molecule has 0 aliphatic rings. The van der Waals surface area contributed by atoms with E-state index in [0.29, 0.717) is 11.5 Å². The zero-order valence-corrected chi connectivity index (χ0v) is 13.8. The van der Waals surface area contributed by atoms with Gasteiger partial charge in [0.1, 0.15) is 0 Å². The number of rotatable bonds is 5. The van der Waals surface area contributed by atoms with Crippen molar-refractivity contribution >= 4 is 11.7 Å². The lowest BCUT2D eigenvalue weighted by Crippen LogP contribution is -2.31. The normalized spacial score (nSPS) is 11.5. The third-order valence-electron chi connectivity index (χ3n) is 3.53. The van der Waals surface area contributed by atoms with Crippen LogP contribution < -0.4 is 20.1 Å². The summed E-state index contributed by atoms with van der Waals surface area (Å²) < 4.78 is 10.5. The molecule has 0 heterocycles. The van der Waals surface area contributed by atoms with E-state index in [0.717, 1.165) is 16.8 Å². The second-order valence-corrected chi connectivity index (χ2v) is 5.30. The van der Waals surface area contributed by atoms with Gasteiger partial charge in [0.25, 0.3) is 0 Å². The van der Waals surface area contributed by atoms with Gasteiger partial charge in [0.2, 0.25) is 0 Å². The third-order valence-corrected chi connectivity index (χ3v) is 3.53. The van der Waals surface area contributed by atoms with Crippen LogP contribution in [0.1, 0.15) is 24.1 Å². The highest BCUT2D eigenvalue weighted by molar-refractivity contribution is 5.89. The largest absolute Gasteiger partial charge is 0.493 e. The zero-order valence-electron chi connectivity index (χ0n) is 13.8. The molecule has 0 aromatic heterocycles. The molecule has 23 heavy (non-hydrogen) atoms. The van der Waals surface area contributed by atoms with Crippen molar-refractivity contribution < 1.29 is 14.3 Å². The highest BCUT2D eigenvalue weighted by Gasteiger charge is 2.12. The first kappa shape index (κ1) is 16.7. The predicted molar refractivity (Wildman–Crippen MR) is 91.3 cm³/mol. The predicted octanol–water partition coefficient (Wildman–Crippen LogP) is 3.89. The van der Waals surface area contributed by atoms with Crippen molar-refractivity contribution in [1.82, 2.24) is 5.32 Å². The van der Waals surface area contributed by atoms with Crippen molar-refractivity contribution in [2.75, 3.05) is 19.5 Å². The number of hydrogen-bond acceptors (Lipinski definition) is 3. The summed E-state index contributed by atoms with van der Waals surface area (Å²) in [5.41, 5.74) is 2.79. The summed E-state index contributed by atoms with van der Waals surface area (Å²) in [4.78, 5) is 12.1. The Kier molecular flexibility index (Phi) is 5.46. The number of nitrogens with one attached hydrogen (secondary N) is 2. The number of methoxy groups -OCH3 is 2. The maximum atomic E-state index is 12.1. The Bertz CT molecular complexity index is 686. The summed E-state index contributed by atoms with van der Waals surface area (Å²) in [5.74, 6) is 1.30. The lowest BCUT2D eigenvalue weighted by molar-refractivity contribution is 0.249. The monoisotopic (exact) mass is 314 g/mol. The Morgan fingerprint density at radius 2 is 1.78 bits per heavy atom. The van der Waals surface area contributed by atoms with Crippen LogP contribution in [0.3, 0.4) is 0 Å². The minimum absolute atomic E-state index is 0.167. The second kappa shape index (κ2) is 7.54. The molecule has 2 aromatic carbocycles. The first-order valence-corrected chi connectivity index (χ1v) is 7.39. The molecule has 2 rings (SSSR count). The molecule has 2 amide bonds. The Hall–Kier alpha value is -2.69. The SMILES string of the molecule is COc1ccc(C(C)NC(=O)Nc2cccc(C)c2)cc1OC. The summed E-state index contributed by atoms with van der Waals surface area (Å²) >= 11 is 0. The standard InChI is InChI=1S/C18H22N2O3/c1-12-6-5-7-15(10-12)20-18(21)19-13(2)14-8-9-16(22-3)17(11-14)23-4/h5-11,13H,1-4H3,(H2,19,20,21). The van der Waals surface area contributed by atoms with E-state index in [1.165, 1.54) is 0 Å². The van der Waals surface area contributed by atoms with Crippen LogP contribution in [-0.4, -0.2) is 20.3 Å². The first-order valence-electron chi connectivity index (χ1n) is 7.39. The molecule has 1 atom stereocenters. The van der Waals surface area contributed by atoms with Crippen LogP contribution >= 0.6 is 0 Å². The number of benzene rings is 2. The van der Waals surface area contributed by atoms with Gasteiger partial charge in [-0.2, -0.15) is 0 Å². The lowest BCUT2D eigenvalue weighted by atomic mass is 10.1. The van der Waals surface area contributed by atoms with Gasteiger partial charge in [0, 0.05) is 5.69 Å². The van der Waals surface area contributed by atoms with Crippen LogP contribution in [0.25, 0.3) is 0 Å². The van der Waals surface area contributed by atoms with Crippen molar-refractivity contribution in [3.63, 3.8) is 0 Å². The fourth-order valence-electron chi connectivity index (χ4n) is 2.29. The average molecular weight is 314 g/mol. The Labute approximate surface area is 136 Å². The van der Waals surface area contributed by atoms with E-state index in [4.69, 9.17) is 9.47 Å². The van der Waals surface area contributed by atoms with Crippen molar-refractivity contribution in [2.24, 2.45) is 0 Å². The number of ether oxygens (including phenoxy) is 2. The smallest absolute Gasteiger partial charge is 0.319 e. The highest BCUT2D eigenvalue weighted by Crippen LogP contribution is 2.29.